The lowest BCUT2D eigenvalue weighted by atomic mass is 10.2. The molecular formula is C11H15BrFNS. The van der Waals surface area contributed by atoms with Gasteiger partial charge in [-0.25, -0.2) is 4.39 Å². The summed E-state index contributed by atoms with van der Waals surface area (Å²) in [7, 11) is 0. The van der Waals surface area contributed by atoms with Crippen molar-refractivity contribution in [3.8, 4) is 0 Å². The number of hydrogen-bond acceptors (Lipinski definition) is 2. The summed E-state index contributed by atoms with van der Waals surface area (Å²) in [5, 5.41) is 3.35. The monoisotopic (exact) mass is 291 g/mol. The normalized spacial score (nSPS) is 12.8. The second-order valence-electron chi connectivity index (χ2n) is 3.47. The molecular weight excluding hydrogens is 277 g/mol. The SMILES string of the molecule is CSCC(C)NCc1cc(F)ccc1Br. The first-order valence-corrected chi connectivity index (χ1v) is 6.98. The molecule has 4 heteroatoms. The Kier molecular flexibility index (Phi) is 5.64. The Balaban J connectivity index is 2.53. The Morgan fingerprint density at radius 3 is 2.93 bits per heavy atom. The first-order valence-electron chi connectivity index (χ1n) is 4.79. The van der Waals surface area contributed by atoms with Gasteiger partial charge in [0.15, 0.2) is 0 Å². The fourth-order valence-corrected chi connectivity index (χ4v) is 2.28. The summed E-state index contributed by atoms with van der Waals surface area (Å²) in [6, 6.07) is 5.20. The third kappa shape index (κ3) is 4.53. The Morgan fingerprint density at radius 1 is 1.53 bits per heavy atom. The van der Waals surface area contributed by atoms with Gasteiger partial charge in [0.05, 0.1) is 0 Å². The molecule has 1 rings (SSSR count). The van der Waals surface area contributed by atoms with Gasteiger partial charge in [0.2, 0.25) is 0 Å². The summed E-state index contributed by atoms with van der Waals surface area (Å²) < 4.78 is 13.9. The summed E-state index contributed by atoms with van der Waals surface area (Å²) in [5.41, 5.74) is 0.961. The van der Waals surface area contributed by atoms with Crippen molar-refractivity contribution in [1.82, 2.24) is 5.32 Å². The fraction of sp³-hybridized carbons (Fsp3) is 0.455. The van der Waals surface area contributed by atoms with Gasteiger partial charge >= 0.3 is 0 Å². The standard InChI is InChI=1S/C11H15BrFNS/c1-8(7-15-2)14-6-9-5-10(13)3-4-11(9)12/h3-5,8,14H,6-7H2,1-2H3. The summed E-state index contributed by atoms with van der Waals surface area (Å²) in [5.74, 6) is 0.875. The maximum absolute atomic E-state index is 13.0. The van der Waals surface area contributed by atoms with Crippen LogP contribution in [-0.4, -0.2) is 18.1 Å². The Bertz CT molecular complexity index is 319. The third-order valence-corrected chi connectivity index (χ3v) is 3.67. The zero-order chi connectivity index (χ0) is 11.3. The number of rotatable bonds is 5. The highest BCUT2D eigenvalue weighted by atomic mass is 79.9. The molecule has 0 saturated heterocycles. The molecule has 0 saturated carbocycles. The van der Waals surface area contributed by atoms with E-state index in [9.17, 15) is 4.39 Å². The molecule has 1 aromatic carbocycles. The van der Waals surface area contributed by atoms with E-state index in [4.69, 9.17) is 0 Å². The van der Waals surface area contributed by atoms with Crippen LogP contribution in [0.2, 0.25) is 0 Å². The van der Waals surface area contributed by atoms with Crippen LogP contribution in [0.15, 0.2) is 22.7 Å². The van der Waals surface area contributed by atoms with Crippen LogP contribution >= 0.6 is 27.7 Å². The maximum Gasteiger partial charge on any atom is 0.123 e. The van der Waals surface area contributed by atoms with Crippen LogP contribution in [0, 0.1) is 5.82 Å². The van der Waals surface area contributed by atoms with Gasteiger partial charge < -0.3 is 5.32 Å². The van der Waals surface area contributed by atoms with Crippen LogP contribution in [0.5, 0.6) is 0 Å². The van der Waals surface area contributed by atoms with Crippen molar-refractivity contribution in [3.05, 3.63) is 34.1 Å². The average molecular weight is 292 g/mol. The van der Waals surface area contributed by atoms with Crippen LogP contribution < -0.4 is 5.32 Å². The molecule has 0 heterocycles. The lowest BCUT2D eigenvalue weighted by Gasteiger charge is -2.13. The fourth-order valence-electron chi connectivity index (χ4n) is 1.27. The minimum Gasteiger partial charge on any atom is -0.309 e. The number of thioether (sulfide) groups is 1. The largest absolute Gasteiger partial charge is 0.309 e. The highest BCUT2D eigenvalue weighted by molar-refractivity contribution is 9.10. The highest BCUT2D eigenvalue weighted by Gasteiger charge is 2.04. The molecule has 0 bridgehead atoms. The van der Waals surface area contributed by atoms with Gasteiger partial charge in [-0.05, 0) is 36.9 Å². The predicted octanol–water partition coefficient (Wildman–Crippen LogP) is 3.43. The number of nitrogens with one attached hydrogen (secondary N) is 1. The van der Waals surface area contributed by atoms with Crippen molar-refractivity contribution in [3.63, 3.8) is 0 Å². The summed E-state index contributed by atoms with van der Waals surface area (Å²) in [6.45, 7) is 2.82. The van der Waals surface area contributed by atoms with Crippen molar-refractivity contribution in [2.75, 3.05) is 12.0 Å². The molecule has 1 aromatic rings. The third-order valence-electron chi connectivity index (χ3n) is 2.07. The lowest BCUT2D eigenvalue weighted by molar-refractivity contribution is 0.586. The molecule has 0 radical (unpaired) electrons. The molecule has 0 aliphatic rings. The Labute approximate surface area is 103 Å². The summed E-state index contributed by atoms with van der Waals surface area (Å²) in [4.78, 5) is 0. The molecule has 0 aliphatic heterocycles. The van der Waals surface area contributed by atoms with E-state index in [1.165, 1.54) is 6.07 Å². The van der Waals surface area contributed by atoms with E-state index in [0.717, 1.165) is 15.8 Å². The minimum atomic E-state index is -0.187. The molecule has 0 spiro atoms. The Morgan fingerprint density at radius 2 is 2.27 bits per heavy atom. The van der Waals surface area contributed by atoms with Gasteiger partial charge in [-0.1, -0.05) is 15.9 Å². The van der Waals surface area contributed by atoms with Crippen molar-refractivity contribution >= 4 is 27.7 Å². The lowest BCUT2D eigenvalue weighted by Crippen LogP contribution is -2.27. The molecule has 1 atom stereocenters. The molecule has 84 valence electrons. The smallest absolute Gasteiger partial charge is 0.123 e. The molecule has 1 nitrogen and oxygen atoms in total. The van der Waals surface area contributed by atoms with Crippen LogP contribution in [-0.2, 0) is 6.54 Å². The van der Waals surface area contributed by atoms with Crippen molar-refractivity contribution in [1.29, 1.82) is 0 Å². The van der Waals surface area contributed by atoms with Gasteiger partial charge in [0, 0.05) is 22.8 Å². The maximum atomic E-state index is 13.0. The molecule has 0 aromatic heterocycles. The molecule has 0 fully saturated rings. The molecule has 15 heavy (non-hydrogen) atoms. The topological polar surface area (TPSA) is 12.0 Å². The average Bonchev–Trinajstić information content (AvgIpc) is 2.20. The van der Waals surface area contributed by atoms with E-state index < -0.39 is 0 Å². The van der Waals surface area contributed by atoms with Gasteiger partial charge in [-0.3, -0.25) is 0 Å². The Hall–Kier alpha value is -0.0600. The van der Waals surface area contributed by atoms with Gasteiger partial charge in [-0.2, -0.15) is 11.8 Å². The first-order chi connectivity index (χ1) is 7.13. The highest BCUT2D eigenvalue weighted by Crippen LogP contribution is 2.17. The second-order valence-corrected chi connectivity index (χ2v) is 5.24. The van der Waals surface area contributed by atoms with E-state index in [1.54, 1.807) is 23.9 Å². The predicted molar refractivity (Wildman–Crippen MR) is 68.8 cm³/mol. The summed E-state index contributed by atoms with van der Waals surface area (Å²) >= 11 is 5.21. The van der Waals surface area contributed by atoms with E-state index >= 15 is 0 Å². The van der Waals surface area contributed by atoms with Crippen molar-refractivity contribution < 1.29 is 4.39 Å². The van der Waals surface area contributed by atoms with Gasteiger partial charge in [0.25, 0.3) is 0 Å². The zero-order valence-corrected chi connectivity index (χ0v) is 11.3. The molecule has 1 N–H and O–H groups in total. The van der Waals surface area contributed by atoms with Crippen molar-refractivity contribution in [2.45, 2.75) is 19.5 Å². The van der Waals surface area contributed by atoms with E-state index in [2.05, 4.69) is 34.4 Å². The quantitative estimate of drug-likeness (QED) is 0.892. The zero-order valence-electron chi connectivity index (χ0n) is 8.89. The van der Waals surface area contributed by atoms with Crippen LogP contribution in [0.25, 0.3) is 0 Å². The molecule has 1 unspecified atom stereocenters. The number of hydrogen-bond donors (Lipinski definition) is 1. The van der Waals surface area contributed by atoms with E-state index in [0.29, 0.717) is 12.6 Å². The first kappa shape index (κ1) is 13.0. The summed E-state index contributed by atoms with van der Waals surface area (Å²) in [6.07, 6.45) is 2.08. The van der Waals surface area contributed by atoms with Crippen LogP contribution in [0.1, 0.15) is 12.5 Å². The number of halogens is 2. The van der Waals surface area contributed by atoms with Gasteiger partial charge in [-0.15, -0.1) is 0 Å². The number of benzene rings is 1. The van der Waals surface area contributed by atoms with E-state index in [1.807, 2.05) is 0 Å². The van der Waals surface area contributed by atoms with Gasteiger partial charge in [0.1, 0.15) is 5.82 Å². The van der Waals surface area contributed by atoms with E-state index in [-0.39, 0.29) is 5.82 Å². The van der Waals surface area contributed by atoms with Crippen LogP contribution in [0.4, 0.5) is 4.39 Å². The minimum absolute atomic E-state index is 0.187. The molecule has 0 aliphatic carbocycles. The second kappa shape index (κ2) is 6.51. The van der Waals surface area contributed by atoms with Crippen molar-refractivity contribution in [2.24, 2.45) is 0 Å². The molecule has 0 amide bonds. The van der Waals surface area contributed by atoms with Crippen LogP contribution in [0.3, 0.4) is 0 Å².